The average molecular weight is 263 g/mol. The topological polar surface area (TPSA) is 38.8 Å². The van der Waals surface area contributed by atoms with Crippen LogP contribution in [-0.2, 0) is 4.74 Å². The number of morpholine rings is 1. The van der Waals surface area contributed by atoms with Crippen LogP contribution in [-0.4, -0.2) is 42.7 Å². The second-order valence-electron chi connectivity index (χ2n) is 5.55. The summed E-state index contributed by atoms with van der Waals surface area (Å²) in [6, 6.07) is 7.33. The highest BCUT2D eigenvalue weighted by molar-refractivity contribution is 5.97. The van der Waals surface area contributed by atoms with Gasteiger partial charge < -0.3 is 14.4 Å². The summed E-state index contributed by atoms with van der Waals surface area (Å²) < 4.78 is 10.9. The van der Waals surface area contributed by atoms with Gasteiger partial charge in [0.25, 0.3) is 5.91 Å². The van der Waals surface area contributed by atoms with Crippen molar-refractivity contribution in [2.45, 2.75) is 32.4 Å². The molecule has 1 aliphatic rings. The third-order valence-electron chi connectivity index (χ3n) is 3.47. The van der Waals surface area contributed by atoms with Crippen LogP contribution in [0.5, 0.6) is 5.75 Å². The molecule has 19 heavy (non-hydrogen) atoms. The fraction of sp³-hybridized carbons (Fsp3) is 0.533. The largest absolute Gasteiger partial charge is 0.496 e. The van der Waals surface area contributed by atoms with E-state index < -0.39 is 0 Å². The molecule has 4 heteroatoms. The van der Waals surface area contributed by atoms with Crippen molar-refractivity contribution in [2.75, 3.05) is 20.3 Å². The Morgan fingerprint density at radius 2 is 2.11 bits per heavy atom. The van der Waals surface area contributed by atoms with Crippen molar-refractivity contribution in [1.82, 2.24) is 4.90 Å². The molecule has 0 aromatic heterocycles. The molecule has 2 rings (SSSR count). The molecule has 0 spiro atoms. The van der Waals surface area contributed by atoms with Crippen LogP contribution in [0.25, 0.3) is 0 Å². The minimum Gasteiger partial charge on any atom is -0.496 e. The Hall–Kier alpha value is -1.55. The Morgan fingerprint density at radius 1 is 1.42 bits per heavy atom. The standard InChI is InChI=1S/C15H21NO3/c1-11-9-16(15(2,3)10-19-11)14(17)12-7-5-6-8-13(12)18-4/h5-8,11H,9-10H2,1-4H3. The molecule has 1 aliphatic heterocycles. The van der Waals surface area contributed by atoms with Gasteiger partial charge in [-0.1, -0.05) is 12.1 Å². The van der Waals surface area contributed by atoms with E-state index in [1.165, 1.54) is 0 Å². The number of ether oxygens (including phenoxy) is 2. The quantitative estimate of drug-likeness (QED) is 0.822. The number of rotatable bonds is 2. The third kappa shape index (κ3) is 2.73. The van der Waals surface area contributed by atoms with E-state index in [0.717, 1.165) is 0 Å². The van der Waals surface area contributed by atoms with Crippen molar-refractivity contribution in [3.8, 4) is 5.75 Å². The summed E-state index contributed by atoms with van der Waals surface area (Å²) in [7, 11) is 1.58. The van der Waals surface area contributed by atoms with Crippen LogP contribution in [0.2, 0.25) is 0 Å². The minimum atomic E-state index is -0.301. The molecule has 1 amide bonds. The van der Waals surface area contributed by atoms with E-state index in [2.05, 4.69) is 0 Å². The zero-order valence-electron chi connectivity index (χ0n) is 12.0. The van der Waals surface area contributed by atoms with E-state index in [-0.39, 0.29) is 17.6 Å². The predicted octanol–water partition coefficient (Wildman–Crippen LogP) is 2.33. The maximum atomic E-state index is 12.7. The molecular formula is C15H21NO3. The van der Waals surface area contributed by atoms with Crippen LogP contribution in [0.1, 0.15) is 31.1 Å². The second kappa shape index (κ2) is 5.21. The van der Waals surface area contributed by atoms with E-state index in [1.54, 1.807) is 13.2 Å². The van der Waals surface area contributed by atoms with Gasteiger partial charge >= 0.3 is 0 Å². The number of methoxy groups -OCH3 is 1. The predicted molar refractivity (Wildman–Crippen MR) is 73.5 cm³/mol. The summed E-state index contributed by atoms with van der Waals surface area (Å²) in [4.78, 5) is 14.6. The van der Waals surface area contributed by atoms with Crippen LogP contribution < -0.4 is 4.74 Å². The number of hydrogen-bond acceptors (Lipinski definition) is 3. The Kier molecular flexibility index (Phi) is 3.80. The summed E-state index contributed by atoms with van der Waals surface area (Å²) in [5.41, 5.74) is 0.303. The van der Waals surface area contributed by atoms with E-state index in [0.29, 0.717) is 24.5 Å². The first kappa shape index (κ1) is 13.9. The number of carbonyl (C=O) groups excluding carboxylic acids is 1. The maximum Gasteiger partial charge on any atom is 0.258 e. The average Bonchev–Trinajstić information content (AvgIpc) is 2.40. The molecule has 1 fully saturated rings. The fourth-order valence-electron chi connectivity index (χ4n) is 2.31. The Labute approximate surface area is 114 Å². The lowest BCUT2D eigenvalue weighted by atomic mass is 9.99. The Balaban J connectivity index is 2.31. The van der Waals surface area contributed by atoms with E-state index >= 15 is 0 Å². The summed E-state index contributed by atoms with van der Waals surface area (Å²) >= 11 is 0. The SMILES string of the molecule is COc1ccccc1C(=O)N1CC(C)OCC1(C)C. The zero-order valence-corrected chi connectivity index (χ0v) is 12.0. The maximum absolute atomic E-state index is 12.7. The summed E-state index contributed by atoms with van der Waals surface area (Å²) in [6.07, 6.45) is 0.0617. The molecule has 1 heterocycles. The fourth-order valence-corrected chi connectivity index (χ4v) is 2.31. The number of nitrogens with zero attached hydrogens (tertiary/aromatic N) is 1. The molecule has 0 aliphatic carbocycles. The van der Waals surface area contributed by atoms with Gasteiger partial charge in [-0.15, -0.1) is 0 Å². The highest BCUT2D eigenvalue weighted by Gasteiger charge is 2.37. The molecule has 0 N–H and O–H groups in total. The van der Waals surface area contributed by atoms with Crippen molar-refractivity contribution >= 4 is 5.91 Å². The van der Waals surface area contributed by atoms with Gasteiger partial charge in [-0.2, -0.15) is 0 Å². The van der Waals surface area contributed by atoms with Crippen LogP contribution in [0.15, 0.2) is 24.3 Å². The lowest BCUT2D eigenvalue weighted by Crippen LogP contribution is -2.57. The van der Waals surface area contributed by atoms with Crippen LogP contribution in [0, 0.1) is 0 Å². The Morgan fingerprint density at radius 3 is 2.79 bits per heavy atom. The van der Waals surface area contributed by atoms with Crippen molar-refractivity contribution < 1.29 is 14.3 Å². The Bertz CT molecular complexity index is 470. The van der Waals surface area contributed by atoms with Gasteiger partial charge in [-0.3, -0.25) is 4.79 Å². The number of amides is 1. The third-order valence-corrected chi connectivity index (χ3v) is 3.47. The summed E-state index contributed by atoms with van der Waals surface area (Å²) in [6.45, 7) is 7.18. The molecule has 1 unspecified atom stereocenters. The van der Waals surface area contributed by atoms with Crippen LogP contribution >= 0.6 is 0 Å². The molecule has 1 saturated heterocycles. The molecule has 0 bridgehead atoms. The lowest BCUT2D eigenvalue weighted by molar-refractivity contribution is -0.0756. The zero-order chi connectivity index (χ0) is 14.0. The first-order chi connectivity index (χ1) is 8.95. The van der Waals surface area contributed by atoms with Crippen LogP contribution in [0.3, 0.4) is 0 Å². The second-order valence-corrected chi connectivity index (χ2v) is 5.55. The smallest absolute Gasteiger partial charge is 0.258 e. The molecule has 1 atom stereocenters. The molecular weight excluding hydrogens is 242 g/mol. The number of carbonyl (C=O) groups is 1. The van der Waals surface area contributed by atoms with Crippen molar-refractivity contribution in [1.29, 1.82) is 0 Å². The normalized spacial score (nSPS) is 22.1. The highest BCUT2D eigenvalue weighted by atomic mass is 16.5. The molecule has 0 saturated carbocycles. The molecule has 4 nitrogen and oxygen atoms in total. The number of benzene rings is 1. The van der Waals surface area contributed by atoms with E-state index in [9.17, 15) is 4.79 Å². The molecule has 0 radical (unpaired) electrons. The number of hydrogen-bond donors (Lipinski definition) is 0. The first-order valence-corrected chi connectivity index (χ1v) is 6.52. The highest BCUT2D eigenvalue weighted by Crippen LogP contribution is 2.27. The van der Waals surface area contributed by atoms with Gasteiger partial charge in [0, 0.05) is 6.54 Å². The van der Waals surface area contributed by atoms with Gasteiger partial charge in [0.2, 0.25) is 0 Å². The summed E-state index contributed by atoms with van der Waals surface area (Å²) in [5.74, 6) is 0.611. The summed E-state index contributed by atoms with van der Waals surface area (Å²) in [5, 5.41) is 0. The van der Waals surface area contributed by atoms with Gasteiger partial charge in [0.05, 0.1) is 30.9 Å². The van der Waals surface area contributed by atoms with Gasteiger partial charge in [-0.05, 0) is 32.9 Å². The van der Waals surface area contributed by atoms with Gasteiger partial charge in [0.15, 0.2) is 0 Å². The monoisotopic (exact) mass is 263 g/mol. The molecule has 1 aromatic carbocycles. The molecule has 1 aromatic rings. The van der Waals surface area contributed by atoms with Crippen molar-refractivity contribution in [3.05, 3.63) is 29.8 Å². The number of para-hydroxylation sites is 1. The van der Waals surface area contributed by atoms with E-state index in [4.69, 9.17) is 9.47 Å². The minimum absolute atomic E-state index is 0.00222. The first-order valence-electron chi connectivity index (χ1n) is 6.52. The van der Waals surface area contributed by atoms with Crippen LogP contribution in [0.4, 0.5) is 0 Å². The van der Waals surface area contributed by atoms with Crippen molar-refractivity contribution in [3.63, 3.8) is 0 Å². The van der Waals surface area contributed by atoms with Gasteiger partial charge in [0.1, 0.15) is 5.75 Å². The van der Waals surface area contributed by atoms with Crippen molar-refractivity contribution in [2.24, 2.45) is 0 Å². The lowest BCUT2D eigenvalue weighted by Gasteiger charge is -2.44. The molecule has 104 valence electrons. The van der Waals surface area contributed by atoms with E-state index in [1.807, 2.05) is 43.9 Å². The van der Waals surface area contributed by atoms with Gasteiger partial charge in [-0.25, -0.2) is 0 Å².